The van der Waals surface area contributed by atoms with Gasteiger partial charge < -0.3 is 15.3 Å². The van der Waals surface area contributed by atoms with Crippen molar-refractivity contribution in [2.45, 2.75) is 39.0 Å². The van der Waals surface area contributed by atoms with Gasteiger partial charge in [0.15, 0.2) is 0 Å². The molecule has 0 aromatic heterocycles. The molecule has 1 heterocycles. The van der Waals surface area contributed by atoms with Crippen molar-refractivity contribution in [1.82, 2.24) is 15.1 Å². The fraction of sp³-hybridized carbons (Fsp3) is 0.867. The lowest BCUT2D eigenvalue weighted by Crippen LogP contribution is -2.53. The van der Waals surface area contributed by atoms with E-state index in [0.717, 1.165) is 6.54 Å². The molecule has 21 heavy (non-hydrogen) atoms. The van der Waals surface area contributed by atoms with Gasteiger partial charge in [-0.15, -0.1) is 0 Å². The molecule has 6 nitrogen and oxygen atoms in total. The van der Waals surface area contributed by atoms with Gasteiger partial charge in [0, 0.05) is 32.7 Å². The van der Waals surface area contributed by atoms with E-state index in [2.05, 4.69) is 12.2 Å². The van der Waals surface area contributed by atoms with Crippen molar-refractivity contribution in [3.63, 3.8) is 0 Å². The highest BCUT2D eigenvalue weighted by Gasteiger charge is 2.28. The Morgan fingerprint density at radius 2 is 1.71 bits per heavy atom. The monoisotopic (exact) mass is 297 g/mol. The number of rotatable bonds is 4. The number of carboxylic acids is 1. The van der Waals surface area contributed by atoms with Crippen LogP contribution in [0.4, 0.5) is 4.79 Å². The van der Waals surface area contributed by atoms with Crippen molar-refractivity contribution < 1.29 is 14.7 Å². The van der Waals surface area contributed by atoms with Crippen LogP contribution in [0.5, 0.6) is 0 Å². The number of carbonyl (C=O) groups is 2. The first kappa shape index (κ1) is 16.1. The molecule has 2 N–H and O–H groups in total. The Labute approximate surface area is 126 Å². The summed E-state index contributed by atoms with van der Waals surface area (Å²) >= 11 is 0. The number of piperazine rings is 1. The zero-order valence-electron chi connectivity index (χ0n) is 12.9. The molecule has 1 aliphatic carbocycles. The van der Waals surface area contributed by atoms with Crippen molar-refractivity contribution >= 4 is 12.0 Å². The number of carbonyl (C=O) groups excluding carboxylic acids is 1. The third-order valence-corrected chi connectivity index (χ3v) is 4.75. The number of urea groups is 1. The van der Waals surface area contributed by atoms with Crippen LogP contribution in [-0.2, 0) is 4.79 Å². The van der Waals surface area contributed by atoms with Crippen LogP contribution < -0.4 is 5.32 Å². The maximum atomic E-state index is 12.2. The van der Waals surface area contributed by atoms with Gasteiger partial charge in [-0.25, -0.2) is 4.79 Å². The summed E-state index contributed by atoms with van der Waals surface area (Å²) in [5, 5.41) is 11.8. The number of amides is 2. The zero-order valence-corrected chi connectivity index (χ0v) is 12.9. The lowest BCUT2D eigenvalue weighted by Gasteiger charge is -2.37. The number of nitrogens with one attached hydrogen (secondary N) is 1. The van der Waals surface area contributed by atoms with Crippen molar-refractivity contribution in [1.29, 1.82) is 0 Å². The number of nitrogens with zero attached hydrogens (tertiary/aromatic N) is 2. The maximum Gasteiger partial charge on any atom is 0.317 e. The quantitative estimate of drug-likeness (QED) is 0.822. The summed E-state index contributed by atoms with van der Waals surface area (Å²) in [6, 6.07) is -0.00299. The fourth-order valence-electron chi connectivity index (χ4n) is 3.28. The first-order chi connectivity index (χ1) is 9.98. The minimum absolute atomic E-state index is 0.00299. The summed E-state index contributed by atoms with van der Waals surface area (Å²) < 4.78 is 0. The van der Waals surface area contributed by atoms with Crippen molar-refractivity contribution in [3.05, 3.63) is 0 Å². The van der Waals surface area contributed by atoms with Crippen LogP contribution in [0.15, 0.2) is 0 Å². The largest absolute Gasteiger partial charge is 0.480 e. The van der Waals surface area contributed by atoms with E-state index in [0.29, 0.717) is 26.2 Å². The van der Waals surface area contributed by atoms with E-state index in [4.69, 9.17) is 5.11 Å². The summed E-state index contributed by atoms with van der Waals surface area (Å²) in [6.07, 6.45) is 6.23. The third kappa shape index (κ3) is 4.88. The topological polar surface area (TPSA) is 72.9 Å². The highest BCUT2D eigenvalue weighted by molar-refractivity contribution is 5.74. The molecule has 6 heteroatoms. The van der Waals surface area contributed by atoms with Gasteiger partial charge in [0.05, 0.1) is 6.54 Å². The van der Waals surface area contributed by atoms with Crippen molar-refractivity contribution in [3.8, 4) is 0 Å². The van der Waals surface area contributed by atoms with E-state index in [1.165, 1.54) is 32.1 Å². The first-order valence-electron chi connectivity index (χ1n) is 7.95. The molecule has 1 saturated heterocycles. The van der Waals surface area contributed by atoms with Crippen LogP contribution in [0.2, 0.25) is 0 Å². The molecule has 2 amide bonds. The highest BCUT2D eigenvalue weighted by Crippen LogP contribution is 2.34. The van der Waals surface area contributed by atoms with Crippen LogP contribution >= 0.6 is 0 Å². The Kier molecular flexibility index (Phi) is 5.45. The molecule has 0 aromatic rings. The van der Waals surface area contributed by atoms with Crippen LogP contribution in [0.1, 0.15) is 39.0 Å². The van der Waals surface area contributed by atoms with E-state index < -0.39 is 5.97 Å². The Morgan fingerprint density at radius 1 is 1.10 bits per heavy atom. The average Bonchev–Trinajstić information content (AvgIpc) is 2.46. The SMILES string of the molecule is CC1(CNC(=O)N2CCN(CC(=O)O)CC2)CCCCC1. The van der Waals surface area contributed by atoms with Crippen LogP contribution in [0, 0.1) is 5.41 Å². The predicted molar refractivity (Wildman–Crippen MR) is 80.2 cm³/mol. The lowest BCUT2D eigenvalue weighted by molar-refractivity contribution is -0.138. The van der Waals surface area contributed by atoms with Gasteiger partial charge in [0.2, 0.25) is 0 Å². The molecule has 0 aromatic carbocycles. The van der Waals surface area contributed by atoms with Gasteiger partial charge in [-0.1, -0.05) is 26.2 Å². The van der Waals surface area contributed by atoms with Crippen molar-refractivity contribution in [2.75, 3.05) is 39.3 Å². The summed E-state index contributed by atoms with van der Waals surface area (Å²) in [7, 11) is 0. The molecule has 1 aliphatic heterocycles. The normalized spacial score (nSPS) is 22.8. The predicted octanol–water partition coefficient (Wildman–Crippen LogP) is 1.37. The summed E-state index contributed by atoms with van der Waals surface area (Å²) in [5.41, 5.74) is 0.249. The van der Waals surface area contributed by atoms with Crippen LogP contribution in [0.3, 0.4) is 0 Å². The molecule has 1 saturated carbocycles. The Morgan fingerprint density at radius 3 is 2.29 bits per heavy atom. The van der Waals surface area contributed by atoms with Gasteiger partial charge in [-0.05, 0) is 18.3 Å². The minimum Gasteiger partial charge on any atom is -0.480 e. The van der Waals surface area contributed by atoms with E-state index >= 15 is 0 Å². The fourth-order valence-corrected chi connectivity index (χ4v) is 3.28. The highest BCUT2D eigenvalue weighted by atomic mass is 16.4. The zero-order chi connectivity index (χ0) is 15.3. The third-order valence-electron chi connectivity index (χ3n) is 4.75. The first-order valence-corrected chi connectivity index (χ1v) is 7.95. The second-order valence-electron chi connectivity index (χ2n) is 6.69. The number of hydrogen-bond donors (Lipinski definition) is 2. The van der Waals surface area contributed by atoms with Gasteiger partial charge in [0.1, 0.15) is 0 Å². The number of aliphatic carboxylic acids is 1. The van der Waals surface area contributed by atoms with Crippen molar-refractivity contribution in [2.24, 2.45) is 5.41 Å². The number of hydrogen-bond acceptors (Lipinski definition) is 3. The average molecular weight is 297 g/mol. The Balaban J connectivity index is 1.71. The molecule has 0 atom stereocenters. The molecule has 0 unspecified atom stereocenters. The number of carboxylic acid groups (broad SMARTS) is 1. The molecule has 0 bridgehead atoms. The second-order valence-corrected chi connectivity index (χ2v) is 6.69. The van der Waals surface area contributed by atoms with Crippen LogP contribution in [-0.4, -0.2) is 66.2 Å². The van der Waals surface area contributed by atoms with E-state index in [1.54, 1.807) is 4.90 Å². The van der Waals surface area contributed by atoms with Gasteiger partial charge in [-0.2, -0.15) is 0 Å². The molecule has 120 valence electrons. The summed E-state index contributed by atoms with van der Waals surface area (Å²) in [4.78, 5) is 26.5. The van der Waals surface area contributed by atoms with E-state index in [-0.39, 0.29) is 18.0 Å². The smallest absolute Gasteiger partial charge is 0.317 e. The molecular weight excluding hydrogens is 270 g/mol. The van der Waals surface area contributed by atoms with Gasteiger partial charge >= 0.3 is 12.0 Å². The lowest BCUT2D eigenvalue weighted by atomic mass is 9.76. The van der Waals surface area contributed by atoms with Gasteiger partial charge in [-0.3, -0.25) is 9.69 Å². The molecule has 0 spiro atoms. The second kappa shape index (κ2) is 7.11. The summed E-state index contributed by atoms with van der Waals surface area (Å²) in [5.74, 6) is -0.807. The standard InChI is InChI=1S/C15H27N3O3/c1-15(5-3-2-4-6-15)12-16-14(21)18-9-7-17(8-10-18)11-13(19)20/h2-12H2,1H3,(H,16,21)(H,19,20). The molecular formula is C15H27N3O3. The minimum atomic E-state index is -0.807. The molecule has 2 fully saturated rings. The van der Waals surface area contributed by atoms with E-state index in [1.807, 2.05) is 4.90 Å². The molecule has 2 rings (SSSR count). The van der Waals surface area contributed by atoms with E-state index in [9.17, 15) is 9.59 Å². The molecule has 2 aliphatic rings. The van der Waals surface area contributed by atoms with Crippen LogP contribution in [0.25, 0.3) is 0 Å². The Hall–Kier alpha value is -1.30. The maximum absolute atomic E-state index is 12.2. The summed E-state index contributed by atoms with van der Waals surface area (Å²) in [6.45, 7) is 5.56. The Bertz CT molecular complexity index is 372. The molecule has 0 radical (unpaired) electrons. The van der Waals surface area contributed by atoms with Gasteiger partial charge in [0.25, 0.3) is 0 Å².